The van der Waals surface area contributed by atoms with Crippen molar-refractivity contribution in [2.24, 2.45) is 4.99 Å². The summed E-state index contributed by atoms with van der Waals surface area (Å²) >= 11 is 0. The van der Waals surface area contributed by atoms with Gasteiger partial charge in [0.05, 0.1) is 6.10 Å². The Bertz CT molecular complexity index is 470. The van der Waals surface area contributed by atoms with Crippen LogP contribution in [0.2, 0.25) is 0 Å². The second-order valence-electron chi connectivity index (χ2n) is 6.00. The van der Waals surface area contributed by atoms with Crippen LogP contribution in [0.25, 0.3) is 0 Å². The van der Waals surface area contributed by atoms with Crippen LogP contribution >= 0.6 is 24.0 Å². The van der Waals surface area contributed by atoms with E-state index in [0.717, 1.165) is 38.6 Å². The van der Waals surface area contributed by atoms with Gasteiger partial charge in [0.2, 0.25) is 0 Å². The minimum absolute atomic E-state index is 0. The Balaban J connectivity index is 0.00000264. The highest BCUT2D eigenvalue weighted by atomic mass is 127. The number of nitrogens with one attached hydrogen (secondary N) is 1. The molecule has 0 aromatic heterocycles. The molecule has 1 fully saturated rings. The summed E-state index contributed by atoms with van der Waals surface area (Å²) in [5, 5.41) is 3.37. The van der Waals surface area contributed by atoms with Crippen LogP contribution in [0.1, 0.15) is 37.3 Å². The lowest BCUT2D eigenvalue weighted by molar-refractivity contribution is 0.106. The van der Waals surface area contributed by atoms with E-state index in [1.54, 1.807) is 0 Å². The molecule has 0 spiro atoms. The lowest BCUT2D eigenvalue weighted by Crippen LogP contribution is -2.38. The van der Waals surface area contributed by atoms with Crippen LogP contribution in [-0.2, 0) is 11.3 Å². The Kier molecular flexibility index (Phi) is 9.55. The predicted molar refractivity (Wildman–Crippen MR) is 108 cm³/mol. The third kappa shape index (κ3) is 7.08. The van der Waals surface area contributed by atoms with E-state index in [1.165, 1.54) is 24.0 Å². The lowest BCUT2D eigenvalue weighted by atomic mass is 10.1. The number of benzene rings is 1. The van der Waals surface area contributed by atoms with E-state index in [4.69, 9.17) is 9.73 Å². The summed E-state index contributed by atoms with van der Waals surface area (Å²) in [6.07, 6.45) is 3.81. The maximum absolute atomic E-state index is 5.66. The molecule has 1 atom stereocenters. The molecule has 0 bridgehead atoms. The molecule has 4 nitrogen and oxygen atoms in total. The fourth-order valence-corrected chi connectivity index (χ4v) is 2.70. The maximum atomic E-state index is 5.66. The zero-order valence-electron chi connectivity index (χ0n) is 14.5. The molecular formula is C18H30IN3O. The molecule has 1 saturated heterocycles. The van der Waals surface area contributed by atoms with E-state index >= 15 is 0 Å². The van der Waals surface area contributed by atoms with Crippen LogP contribution in [0, 0.1) is 6.92 Å². The molecule has 0 amide bonds. The summed E-state index contributed by atoms with van der Waals surface area (Å²) in [6, 6.07) is 8.68. The second-order valence-corrected chi connectivity index (χ2v) is 6.00. The molecular weight excluding hydrogens is 401 g/mol. The lowest BCUT2D eigenvalue weighted by Gasteiger charge is -2.22. The number of ether oxygens (including phenoxy) is 1. The van der Waals surface area contributed by atoms with Crippen molar-refractivity contribution in [2.45, 2.75) is 45.8 Å². The van der Waals surface area contributed by atoms with E-state index < -0.39 is 0 Å². The Morgan fingerprint density at radius 2 is 2.09 bits per heavy atom. The first-order valence-corrected chi connectivity index (χ1v) is 8.35. The molecule has 2 rings (SSSR count). The van der Waals surface area contributed by atoms with Gasteiger partial charge in [-0.15, -0.1) is 24.0 Å². The van der Waals surface area contributed by atoms with Crippen molar-refractivity contribution >= 4 is 29.9 Å². The summed E-state index contributed by atoms with van der Waals surface area (Å²) in [6.45, 7) is 7.72. The molecule has 23 heavy (non-hydrogen) atoms. The van der Waals surface area contributed by atoms with Crippen LogP contribution in [0.3, 0.4) is 0 Å². The fraction of sp³-hybridized carbons (Fsp3) is 0.611. The highest BCUT2D eigenvalue weighted by Gasteiger charge is 2.15. The average Bonchev–Trinajstić information content (AvgIpc) is 3.02. The largest absolute Gasteiger partial charge is 0.378 e. The molecule has 1 N–H and O–H groups in total. The third-order valence-electron chi connectivity index (χ3n) is 3.97. The Hall–Kier alpha value is -0.820. The Morgan fingerprint density at radius 3 is 2.70 bits per heavy atom. The standard InChI is InChI=1S/C18H29N3O.HI/c1-4-19-18(20-12-11-17-6-5-13-22-17)21(3)14-16-9-7-15(2)8-10-16;/h7-10,17H,4-6,11-14H2,1-3H3,(H,19,20);1H. The number of hydrogen-bond acceptors (Lipinski definition) is 2. The van der Waals surface area contributed by atoms with Crippen LogP contribution < -0.4 is 5.32 Å². The molecule has 1 heterocycles. The van der Waals surface area contributed by atoms with Gasteiger partial charge in [-0.25, -0.2) is 0 Å². The molecule has 1 aromatic rings. The van der Waals surface area contributed by atoms with Crippen molar-refractivity contribution < 1.29 is 4.74 Å². The van der Waals surface area contributed by atoms with Crippen LogP contribution in [-0.4, -0.2) is 43.7 Å². The van der Waals surface area contributed by atoms with Crippen LogP contribution in [0.4, 0.5) is 0 Å². The van der Waals surface area contributed by atoms with Crippen molar-refractivity contribution in [1.29, 1.82) is 0 Å². The van der Waals surface area contributed by atoms with Crippen molar-refractivity contribution in [3.63, 3.8) is 0 Å². The van der Waals surface area contributed by atoms with Gasteiger partial charge < -0.3 is 15.0 Å². The number of halogens is 1. The molecule has 0 saturated carbocycles. The number of rotatable bonds is 6. The van der Waals surface area contributed by atoms with Gasteiger partial charge in [0, 0.05) is 33.3 Å². The summed E-state index contributed by atoms with van der Waals surface area (Å²) in [4.78, 5) is 6.93. The monoisotopic (exact) mass is 431 g/mol. The van der Waals surface area contributed by atoms with Gasteiger partial charge in [-0.05, 0) is 38.7 Å². The van der Waals surface area contributed by atoms with Crippen molar-refractivity contribution in [3.05, 3.63) is 35.4 Å². The molecule has 1 aliphatic heterocycles. The number of aliphatic imine (C=N–C) groups is 1. The number of nitrogens with zero attached hydrogens (tertiary/aromatic N) is 2. The van der Waals surface area contributed by atoms with Gasteiger partial charge in [-0.2, -0.15) is 0 Å². The molecule has 1 aromatic carbocycles. The molecule has 0 radical (unpaired) electrons. The van der Waals surface area contributed by atoms with Gasteiger partial charge >= 0.3 is 0 Å². The topological polar surface area (TPSA) is 36.9 Å². The second kappa shape index (κ2) is 10.9. The van der Waals surface area contributed by atoms with E-state index in [1.807, 2.05) is 0 Å². The number of hydrogen-bond donors (Lipinski definition) is 1. The van der Waals surface area contributed by atoms with Crippen molar-refractivity contribution in [2.75, 3.05) is 26.7 Å². The smallest absolute Gasteiger partial charge is 0.193 e. The van der Waals surface area contributed by atoms with E-state index in [2.05, 4.69) is 55.4 Å². The van der Waals surface area contributed by atoms with Crippen LogP contribution in [0.15, 0.2) is 29.3 Å². The van der Waals surface area contributed by atoms with Gasteiger partial charge in [0.1, 0.15) is 0 Å². The fourth-order valence-electron chi connectivity index (χ4n) is 2.70. The van der Waals surface area contributed by atoms with Crippen molar-refractivity contribution in [1.82, 2.24) is 10.2 Å². The minimum atomic E-state index is 0. The molecule has 130 valence electrons. The SMILES string of the molecule is CCNC(=NCCC1CCCO1)N(C)Cc1ccc(C)cc1.I. The highest BCUT2D eigenvalue weighted by Crippen LogP contribution is 2.15. The highest BCUT2D eigenvalue weighted by molar-refractivity contribution is 14.0. The summed E-state index contributed by atoms with van der Waals surface area (Å²) < 4.78 is 5.66. The zero-order valence-corrected chi connectivity index (χ0v) is 16.9. The summed E-state index contributed by atoms with van der Waals surface area (Å²) in [5.74, 6) is 0.973. The molecule has 1 aliphatic rings. The van der Waals surface area contributed by atoms with Crippen molar-refractivity contribution in [3.8, 4) is 0 Å². The van der Waals surface area contributed by atoms with E-state index in [0.29, 0.717) is 6.10 Å². The number of aryl methyl sites for hydroxylation is 1. The molecule has 0 aliphatic carbocycles. The minimum Gasteiger partial charge on any atom is -0.378 e. The molecule has 1 unspecified atom stereocenters. The van der Waals surface area contributed by atoms with Crippen LogP contribution in [0.5, 0.6) is 0 Å². The summed E-state index contributed by atoms with van der Waals surface area (Å²) in [7, 11) is 2.09. The quantitative estimate of drug-likeness (QED) is 0.425. The average molecular weight is 431 g/mol. The third-order valence-corrected chi connectivity index (χ3v) is 3.97. The van der Waals surface area contributed by atoms with Gasteiger partial charge in [-0.3, -0.25) is 4.99 Å². The first-order chi connectivity index (χ1) is 10.7. The first kappa shape index (κ1) is 20.2. The van der Waals surface area contributed by atoms with Gasteiger partial charge in [0.15, 0.2) is 5.96 Å². The maximum Gasteiger partial charge on any atom is 0.193 e. The van der Waals surface area contributed by atoms with E-state index in [-0.39, 0.29) is 24.0 Å². The number of guanidine groups is 1. The Labute approximate surface area is 157 Å². The Morgan fingerprint density at radius 1 is 1.35 bits per heavy atom. The first-order valence-electron chi connectivity index (χ1n) is 8.35. The zero-order chi connectivity index (χ0) is 15.8. The molecule has 5 heteroatoms. The summed E-state index contributed by atoms with van der Waals surface area (Å²) in [5.41, 5.74) is 2.60. The predicted octanol–water partition coefficient (Wildman–Crippen LogP) is 3.58. The van der Waals surface area contributed by atoms with Gasteiger partial charge in [0.25, 0.3) is 0 Å². The van der Waals surface area contributed by atoms with E-state index in [9.17, 15) is 0 Å². The normalized spacial score (nSPS) is 17.7. The van der Waals surface area contributed by atoms with Gasteiger partial charge in [-0.1, -0.05) is 29.8 Å².